The summed E-state index contributed by atoms with van der Waals surface area (Å²) in [6.07, 6.45) is 0.241. The number of carbonyl (C=O) groups excluding carboxylic acids is 1. The lowest BCUT2D eigenvalue weighted by Crippen LogP contribution is -2.19. The molecule has 0 aromatic heterocycles. The summed E-state index contributed by atoms with van der Waals surface area (Å²) < 4.78 is 13.5. The number of hydrogen-bond acceptors (Lipinski definition) is 3. The summed E-state index contributed by atoms with van der Waals surface area (Å²) in [5, 5.41) is 12.0. The van der Waals surface area contributed by atoms with Crippen LogP contribution in [0.3, 0.4) is 0 Å². The molecule has 0 saturated carbocycles. The molecule has 0 saturated heterocycles. The van der Waals surface area contributed by atoms with Crippen LogP contribution >= 0.6 is 0 Å². The number of nitrogens with two attached hydrogens (primary N) is 1. The van der Waals surface area contributed by atoms with Gasteiger partial charge in [0, 0.05) is 17.7 Å². The Hall–Kier alpha value is -1.46. The number of rotatable bonds is 6. The highest BCUT2D eigenvalue weighted by molar-refractivity contribution is 5.92. The summed E-state index contributed by atoms with van der Waals surface area (Å²) in [7, 11) is 0. The fourth-order valence-corrected chi connectivity index (χ4v) is 1.38. The minimum absolute atomic E-state index is 0.162. The minimum Gasteiger partial charge on any atom is -0.393 e. The molecule has 0 fully saturated rings. The third-order valence-corrected chi connectivity index (χ3v) is 2.39. The van der Waals surface area contributed by atoms with Crippen LogP contribution in [-0.2, 0) is 6.54 Å². The van der Waals surface area contributed by atoms with Gasteiger partial charge in [0.1, 0.15) is 5.82 Å². The largest absolute Gasteiger partial charge is 0.393 e. The number of hydrogen-bond donors (Lipinski definition) is 3. The molecule has 1 unspecified atom stereocenters. The fourth-order valence-electron chi connectivity index (χ4n) is 1.38. The average Bonchev–Trinajstić information content (AvgIpc) is 2.25. The quantitative estimate of drug-likeness (QED) is 0.643. The SMILES string of the molecule is CC(O)CCNCc1ccc(C(N)=O)cc1F. The van der Waals surface area contributed by atoms with Crippen LogP contribution in [0.25, 0.3) is 0 Å². The van der Waals surface area contributed by atoms with Gasteiger partial charge in [-0.1, -0.05) is 6.07 Å². The van der Waals surface area contributed by atoms with E-state index in [9.17, 15) is 9.18 Å². The van der Waals surface area contributed by atoms with Crippen molar-refractivity contribution in [2.45, 2.75) is 26.0 Å². The van der Waals surface area contributed by atoms with Crippen molar-refractivity contribution in [1.82, 2.24) is 5.32 Å². The summed E-state index contributed by atoms with van der Waals surface area (Å²) in [5.41, 5.74) is 5.67. The van der Waals surface area contributed by atoms with E-state index in [1.165, 1.54) is 12.1 Å². The lowest BCUT2D eigenvalue weighted by molar-refractivity contribution is 0.1000. The van der Waals surface area contributed by atoms with E-state index >= 15 is 0 Å². The Morgan fingerprint density at radius 1 is 1.59 bits per heavy atom. The van der Waals surface area contributed by atoms with Crippen LogP contribution < -0.4 is 11.1 Å². The van der Waals surface area contributed by atoms with E-state index in [1.807, 2.05) is 0 Å². The molecule has 1 atom stereocenters. The maximum Gasteiger partial charge on any atom is 0.248 e. The van der Waals surface area contributed by atoms with E-state index in [0.29, 0.717) is 25.1 Å². The van der Waals surface area contributed by atoms with Gasteiger partial charge in [-0.2, -0.15) is 0 Å². The van der Waals surface area contributed by atoms with Gasteiger partial charge in [0.2, 0.25) is 5.91 Å². The molecular formula is C12H17FN2O2. The molecule has 1 amide bonds. The van der Waals surface area contributed by atoms with Gasteiger partial charge in [-0.25, -0.2) is 4.39 Å². The second kappa shape index (κ2) is 6.32. The van der Waals surface area contributed by atoms with E-state index in [0.717, 1.165) is 6.07 Å². The van der Waals surface area contributed by atoms with E-state index < -0.39 is 11.7 Å². The molecule has 4 N–H and O–H groups in total. The van der Waals surface area contributed by atoms with Crippen LogP contribution in [0, 0.1) is 5.82 Å². The Balaban J connectivity index is 2.52. The molecule has 0 spiro atoms. The van der Waals surface area contributed by atoms with E-state index in [1.54, 1.807) is 6.92 Å². The zero-order valence-corrected chi connectivity index (χ0v) is 9.74. The van der Waals surface area contributed by atoms with Crippen LogP contribution in [0.1, 0.15) is 29.3 Å². The molecule has 0 heterocycles. The number of aliphatic hydroxyl groups excluding tert-OH is 1. The van der Waals surface area contributed by atoms with E-state index in [2.05, 4.69) is 5.32 Å². The van der Waals surface area contributed by atoms with Crippen molar-refractivity contribution in [1.29, 1.82) is 0 Å². The number of amides is 1. The Kier molecular flexibility index (Phi) is 5.06. The first-order chi connectivity index (χ1) is 8.00. The third kappa shape index (κ3) is 4.50. The molecule has 94 valence electrons. The molecule has 1 aromatic rings. The molecule has 4 nitrogen and oxygen atoms in total. The van der Waals surface area contributed by atoms with Crippen LogP contribution in [0.4, 0.5) is 4.39 Å². The number of nitrogens with one attached hydrogen (secondary N) is 1. The van der Waals surface area contributed by atoms with Crippen molar-refractivity contribution in [3.63, 3.8) is 0 Å². The Labute approximate surface area is 99.6 Å². The number of aliphatic hydroxyl groups is 1. The number of primary amides is 1. The third-order valence-electron chi connectivity index (χ3n) is 2.39. The number of halogens is 1. The van der Waals surface area contributed by atoms with Crippen LogP contribution in [-0.4, -0.2) is 23.7 Å². The molecule has 0 aliphatic carbocycles. The molecule has 0 bridgehead atoms. The van der Waals surface area contributed by atoms with Gasteiger partial charge in [0.05, 0.1) is 6.10 Å². The highest BCUT2D eigenvalue weighted by Crippen LogP contribution is 2.10. The van der Waals surface area contributed by atoms with Crippen molar-refractivity contribution >= 4 is 5.91 Å². The molecule has 17 heavy (non-hydrogen) atoms. The Bertz CT molecular complexity index is 394. The molecule has 5 heteroatoms. The number of benzene rings is 1. The van der Waals surface area contributed by atoms with Crippen molar-refractivity contribution in [2.24, 2.45) is 5.73 Å². The lowest BCUT2D eigenvalue weighted by atomic mass is 10.1. The molecule has 1 aromatic carbocycles. The predicted octanol–water partition coefficient (Wildman–Crippen LogP) is 0.785. The molecule has 0 aliphatic rings. The zero-order valence-electron chi connectivity index (χ0n) is 9.74. The lowest BCUT2D eigenvalue weighted by Gasteiger charge is -2.08. The van der Waals surface area contributed by atoms with Gasteiger partial charge in [0.25, 0.3) is 0 Å². The molecule has 0 radical (unpaired) electrons. The predicted molar refractivity (Wildman–Crippen MR) is 62.9 cm³/mol. The second-order valence-electron chi connectivity index (χ2n) is 3.98. The summed E-state index contributed by atoms with van der Waals surface area (Å²) >= 11 is 0. The van der Waals surface area contributed by atoms with Crippen molar-refractivity contribution in [3.8, 4) is 0 Å². The van der Waals surface area contributed by atoms with Gasteiger partial charge >= 0.3 is 0 Å². The van der Waals surface area contributed by atoms with Crippen molar-refractivity contribution < 1.29 is 14.3 Å². The Morgan fingerprint density at radius 2 is 2.29 bits per heavy atom. The van der Waals surface area contributed by atoms with Crippen molar-refractivity contribution in [2.75, 3.05) is 6.54 Å². The molecule has 1 rings (SSSR count). The van der Waals surface area contributed by atoms with Crippen molar-refractivity contribution in [3.05, 3.63) is 35.1 Å². The van der Waals surface area contributed by atoms with Crippen LogP contribution in [0.5, 0.6) is 0 Å². The smallest absolute Gasteiger partial charge is 0.248 e. The maximum absolute atomic E-state index is 13.5. The summed E-state index contributed by atoms with van der Waals surface area (Å²) in [6, 6.07) is 4.16. The van der Waals surface area contributed by atoms with Gasteiger partial charge in [-0.05, 0) is 32.0 Å². The number of carbonyl (C=O) groups is 1. The van der Waals surface area contributed by atoms with E-state index in [4.69, 9.17) is 10.8 Å². The maximum atomic E-state index is 13.5. The average molecular weight is 240 g/mol. The summed E-state index contributed by atoms with van der Waals surface area (Å²) in [4.78, 5) is 10.8. The normalized spacial score (nSPS) is 12.4. The highest BCUT2D eigenvalue weighted by atomic mass is 19.1. The molecular weight excluding hydrogens is 223 g/mol. The zero-order chi connectivity index (χ0) is 12.8. The topological polar surface area (TPSA) is 75.3 Å². The van der Waals surface area contributed by atoms with E-state index in [-0.39, 0.29) is 11.7 Å². The van der Waals surface area contributed by atoms with Crippen LogP contribution in [0.2, 0.25) is 0 Å². The monoisotopic (exact) mass is 240 g/mol. The Morgan fingerprint density at radius 3 is 2.82 bits per heavy atom. The first kappa shape index (κ1) is 13.6. The standard InChI is InChI=1S/C12H17FN2O2/c1-8(16)4-5-15-7-10-3-2-9(12(14)17)6-11(10)13/h2-3,6,8,15-16H,4-5,7H2,1H3,(H2,14,17). The van der Waals surface area contributed by atoms with Gasteiger partial charge in [0.15, 0.2) is 0 Å². The van der Waals surface area contributed by atoms with Gasteiger partial charge in [-0.3, -0.25) is 4.79 Å². The van der Waals surface area contributed by atoms with Gasteiger partial charge in [-0.15, -0.1) is 0 Å². The first-order valence-electron chi connectivity index (χ1n) is 5.47. The summed E-state index contributed by atoms with van der Waals surface area (Å²) in [5.74, 6) is -1.09. The first-order valence-corrected chi connectivity index (χ1v) is 5.47. The van der Waals surface area contributed by atoms with Crippen LogP contribution in [0.15, 0.2) is 18.2 Å². The van der Waals surface area contributed by atoms with Gasteiger partial charge < -0.3 is 16.2 Å². The fraction of sp³-hybridized carbons (Fsp3) is 0.417. The minimum atomic E-state index is -0.641. The second-order valence-corrected chi connectivity index (χ2v) is 3.98. The highest BCUT2D eigenvalue weighted by Gasteiger charge is 2.06. The molecule has 0 aliphatic heterocycles. The summed E-state index contributed by atoms with van der Waals surface area (Å²) in [6.45, 7) is 2.66.